The van der Waals surface area contributed by atoms with Gasteiger partial charge in [0.05, 0.1) is 41.3 Å². The first-order chi connectivity index (χ1) is 46.9. The van der Waals surface area contributed by atoms with E-state index in [4.69, 9.17) is 97.2 Å². The van der Waals surface area contributed by atoms with Gasteiger partial charge in [0, 0.05) is 122 Å². The molecule has 0 saturated carbocycles. The number of guanidine groups is 2. The van der Waals surface area contributed by atoms with Gasteiger partial charge in [-0.2, -0.15) is 10.7 Å². The number of amides is 7. The number of phosphoric ester groups is 1. The molecule has 6 aliphatic rings. The second kappa shape index (κ2) is 33.0. The molecule has 8 rings (SSSR count). The van der Waals surface area contributed by atoms with E-state index in [1.165, 1.54) is 22.7 Å². The molecule has 8 bridgehead atoms. The number of hydrogen-bond acceptors (Lipinski definition) is 20. The Labute approximate surface area is 604 Å². The number of imidazole rings is 1. The minimum atomic E-state index is -5.32. The van der Waals surface area contributed by atoms with Crippen LogP contribution >= 0.6 is 7.82 Å². The van der Waals surface area contributed by atoms with Gasteiger partial charge < -0.3 is 107 Å². The second-order valence-corrected chi connectivity index (χ2v) is 30.1. The van der Waals surface area contributed by atoms with Crippen molar-refractivity contribution in [3.05, 3.63) is 75.8 Å². The number of primary amides is 6. The van der Waals surface area contributed by atoms with Crippen LogP contribution in [0, 0.1) is 76.4 Å². The quantitative estimate of drug-likeness (QED) is 0.0278. The molecule has 2 saturated heterocycles. The second-order valence-electron chi connectivity index (χ2n) is 28.7. The molecule has 7 amide bonds. The van der Waals surface area contributed by atoms with Crippen molar-refractivity contribution in [2.24, 2.45) is 111 Å². The molecule has 15 atom stereocenters. The van der Waals surface area contributed by atoms with Crippen molar-refractivity contribution in [2.75, 3.05) is 27.2 Å². The number of ether oxygens (including phenoxy) is 1. The van der Waals surface area contributed by atoms with Crippen LogP contribution < -0.4 is 56.1 Å². The Kier molecular flexibility index (Phi) is 27.3. The van der Waals surface area contributed by atoms with E-state index >= 15 is 0 Å². The fraction of sp³-hybridized carbons (Fsp3) is 0.612. The fourth-order valence-corrected chi connectivity index (χ4v) is 16.7. The summed E-state index contributed by atoms with van der Waals surface area (Å²) < 4.78 is 31.9. The molecule has 35 heteroatoms. The zero-order chi connectivity index (χ0) is 76.1. The van der Waals surface area contributed by atoms with Gasteiger partial charge in [-0.05, 0) is 119 Å². The molecular formula is C67H99CoN19O14P. The van der Waals surface area contributed by atoms with Gasteiger partial charge in [0.1, 0.15) is 18.3 Å². The van der Waals surface area contributed by atoms with Crippen LogP contribution in [0.25, 0.3) is 16.4 Å². The molecule has 102 heavy (non-hydrogen) atoms. The van der Waals surface area contributed by atoms with Gasteiger partial charge in [0.15, 0.2) is 12.2 Å². The van der Waals surface area contributed by atoms with E-state index in [2.05, 4.69) is 15.3 Å². The third-order valence-electron chi connectivity index (χ3n) is 21.1. The molecule has 0 spiro atoms. The number of aliphatic hydroxyl groups is 2. The Morgan fingerprint density at radius 1 is 0.824 bits per heavy atom. The predicted octanol–water partition coefficient (Wildman–Crippen LogP) is 2.17. The molecular weight excluding hydrogens is 1380 g/mol. The normalized spacial score (nSPS) is 30.9. The third kappa shape index (κ3) is 17.7. The minimum Gasteiger partial charge on any atom is -0.756 e. The smallest absolute Gasteiger partial charge is 0.756 e. The van der Waals surface area contributed by atoms with E-state index in [0.29, 0.717) is 56.4 Å². The number of allylic oxidation sites excluding steroid dienone is 6. The van der Waals surface area contributed by atoms with Gasteiger partial charge in [-0.3, -0.25) is 58.5 Å². The zero-order valence-corrected chi connectivity index (χ0v) is 61.9. The van der Waals surface area contributed by atoms with Crippen molar-refractivity contribution in [1.29, 1.82) is 10.7 Å². The van der Waals surface area contributed by atoms with Gasteiger partial charge in [-0.25, -0.2) is 4.98 Å². The van der Waals surface area contributed by atoms with Crippen molar-refractivity contribution in [2.45, 2.75) is 189 Å². The summed E-state index contributed by atoms with van der Waals surface area (Å²) in [6.45, 7) is 23.7. The van der Waals surface area contributed by atoms with Crippen LogP contribution in [0.3, 0.4) is 0 Å². The molecule has 2 aromatic rings. The van der Waals surface area contributed by atoms with Gasteiger partial charge in [0.2, 0.25) is 47.3 Å². The average molecular weight is 1480 g/mol. The van der Waals surface area contributed by atoms with Crippen LogP contribution in [0.15, 0.2) is 72.7 Å². The zero-order valence-electron chi connectivity index (χ0n) is 60.0. The number of aromatic nitrogens is 2. The third-order valence-corrected chi connectivity index (χ3v) is 22.3. The van der Waals surface area contributed by atoms with Crippen molar-refractivity contribution in [1.82, 2.24) is 19.8 Å². The van der Waals surface area contributed by atoms with Crippen LogP contribution in [0.5, 0.6) is 0 Å². The van der Waals surface area contributed by atoms with E-state index < -0.39 is 143 Å². The van der Waals surface area contributed by atoms with Crippen LogP contribution in [0.2, 0.25) is 0 Å². The number of aliphatic hydroxyl groups excluding tert-OH is 2. The largest absolute Gasteiger partial charge is 3.00 e. The first-order valence-electron chi connectivity index (χ1n) is 33.1. The topological polar surface area (TPSA) is 580 Å². The first kappa shape index (κ1) is 84.4. The number of rotatable bonds is 26. The molecule has 0 radical (unpaired) electrons. The monoisotopic (exact) mass is 1480 g/mol. The molecule has 2 fully saturated rings. The van der Waals surface area contributed by atoms with Crippen LogP contribution in [-0.2, 0) is 68.7 Å². The average Bonchev–Trinajstić information content (AvgIpc) is 1.53. The van der Waals surface area contributed by atoms with E-state index in [9.17, 15) is 53.2 Å². The Morgan fingerprint density at radius 2 is 1.39 bits per heavy atom. The molecule has 1 aromatic carbocycles. The number of nitrogens with one attached hydrogen (secondary N) is 2. The summed E-state index contributed by atoms with van der Waals surface area (Å²) in [6.07, 6.45) is -4.79. The number of phosphoric acid groups is 1. The number of benzene rings is 1. The summed E-state index contributed by atoms with van der Waals surface area (Å²) in [6, 6.07) is 2.65. The molecule has 560 valence electrons. The van der Waals surface area contributed by atoms with Crippen molar-refractivity contribution in [3.8, 4) is 0 Å². The van der Waals surface area contributed by atoms with Crippen molar-refractivity contribution < 1.29 is 83.8 Å². The molecule has 1 unspecified atom stereocenters. The maximum Gasteiger partial charge on any atom is 3.00 e. The molecule has 0 aliphatic carbocycles. The van der Waals surface area contributed by atoms with Crippen molar-refractivity contribution in [3.63, 3.8) is 0 Å². The standard InChI is InChI=1S/C62H90N13O14P.C4H11N5.CN.Co/c1-29-20-39-40(21-30(29)2)75(28-70-39)57-52(84)53(41(27-76)87-57)89-90(85,86)88-31(3)26-69-49(83)18-19-59(8)37(22-46(66)80)56-62(11)61(10,25-48(68)82)36(14-17-45(65)79)51(74-62)33(5)55-60(9,24-47(67)81)34(12-15-43(63)77)38(71-55)23-42-58(6,7)35(13-16-44(64)78)50(72-42)32(4)54(59)73-56;1-9(2)4(7)8-3(5)6;1-2;/h20-21,23,28,31,34-37,41,52-53,56-57,76,84H,12-19,22,24-27H2,1-11H3,(H15,63,64,65,66,67,68,69,71,72,73,74,77,78,79,80,81,82,83,85,86);1-2H3,(H5,5,6,7,8);;/q;;-1;+3/p-2/t31-,34+,35+,36+,37-,41+,52+,53+,56+,57-,59+,60-,61-,62-;;;/m0.../s1. The van der Waals surface area contributed by atoms with Gasteiger partial charge in [-0.15, -0.1) is 0 Å². The van der Waals surface area contributed by atoms with E-state index in [1.807, 2.05) is 80.5 Å². The van der Waals surface area contributed by atoms with Crippen LogP contribution in [0.4, 0.5) is 0 Å². The fourth-order valence-electron chi connectivity index (χ4n) is 15.5. The summed E-state index contributed by atoms with van der Waals surface area (Å²) in [7, 11) is -1.94. The number of nitrogens with zero attached hydrogens (tertiary/aromatic N) is 9. The summed E-state index contributed by atoms with van der Waals surface area (Å²) in [4.78, 5) is 133. The van der Waals surface area contributed by atoms with Gasteiger partial charge in [-0.1, -0.05) is 40.7 Å². The summed E-state index contributed by atoms with van der Waals surface area (Å²) in [5, 5.41) is 43.4. The Balaban J connectivity index is 0.00000145. The van der Waals surface area contributed by atoms with E-state index in [-0.39, 0.29) is 106 Å². The number of hydrogen-bond donors (Lipinski definition) is 12. The van der Waals surface area contributed by atoms with Crippen molar-refractivity contribution >= 4 is 89.3 Å². The number of fused-ring (bicyclic) bond motifs is 7. The first-order valence-corrected chi connectivity index (χ1v) is 34.6. The number of nitrogens with two attached hydrogens (primary N) is 8. The Morgan fingerprint density at radius 3 is 1.92 bits per heavy atom. The predicted molar refractivity (Wildman–Crippen MR) is 374 cm³/mol. The number of aryl methyl sites for hydroxylation is 2. The Bertz CT molecular complexity index is 3910. The summed E-state index contributed by atoms with van der Waals surface area (Å²) in [5.41, 5.74) is 46.6. The van der Waals surface area contributed by atoms with Gasteiger partial charge >= 0.3 is 16.8 Å². The molecule has 33 nitrogen and oxygen atoms in total. The number of carbonyl (C=O) groups is 7. The molecule has 7 heterocycles. The molecule has 6 aliphatic heterocycles. The Hall–Kier alpha value is -8.26. The van der Waals surface area contributed by atoms with E-state index in [1.54, 1.807) is 21.0 Å². The SMILES string of the molecule is C/C1=C2/[N-][C@H]([C@H](CC(N)=O)[C@@]2(C)CCC(=O)NC[C@H](C)OP(=O)([O-])O[C@H]2[C@@H](O)[C@@H](n3cnc4cc(C)c(C)cc43)O[C@@H]2CO)[C@]2(C)N=C(/C(C)=C3N=C(/C=C4N=C1[C@@H](CCC(N)=O)C\4(C)C)[C@@H](CCC(N)=O)[C@]\3(C)CC(N)=O)[C@@H](CCC(N)=O)[C@]2(C)CC(N)=O.CN(C)C(=N)N=C(N)N.[C-]#N.[Co+3]. The van der Waals surface area contributed by atoms with Gasteiger partial charge in [0.25, 0.3) is 7.82 Å². The maximum atomic E-state index is 14.4. The number of carbonyl (C=O) groups excluding carboxylic acids is 7. The number of aliphatic imine (C=N–C) groups is 4. The van der Waals surface area contributed by atoms with E-state index in [0.717, 1.165) is 11.1 Å². The summed E-state index contributed by atoms with van der Waals surface area (Å²) in [5.74, 6) is -7.44. The summed E-state index contributed by atoms with van der Waals surface area (Å²) >= 11 is 0. The maximum absolute atomic E-state index is 14.4. The van der Waals surface area contributed by atoms with Crippen LogP contribution in [-0.4, -0.2) is 158 Å². The molecule has 1 aromatic heterocycles. The minimum absolute atomic E-state index is 0. The van der Waals surface area contributed by atoms with Crippen LogP contribution in [0.1, 0.15) is 150 Å². The molecule has 20 N–H and O–H groups in total.